The highest BCUT2D eigenvalue weighted by molar-refractivity contribution is 5.82. The Kier molecular flexibility index (Phi) is 5.69. The zero-order chi connectivity index (χ0) is 20.4. The van der Waals surface area contributed by atoms with Crippen LogP contribution in [0.25, 0.3) is 22.4 Å². The van der Waals surface area contributed by atoms with Crippen LogP contribution in [0.4, 0.5) is 0 Å². The van der Waals surface area contributed by atoms with Crippen LogP contribution in [0.5, 0.6) is 5.75 Å². The molecular weight excluding hydrogens is 370 g/mol. The van der Waals surface area contributed by atoms with Crippen LogP contribution in [0.2, 0.25) is 0 Å². The van der Waals surface area contributed by atoms with Crippen molar-refractivity contribution in [2.24, 2.45) is 13.0 Å². The molecule has 0 amide bonds. The minimum absolute atomic E-state index is 0.000491. The molecule has 0 saturated carbocycles. The molecule has 1 aliphatic rings. The van der Waals surface area contributed by atoms with E-state index in [9.17, 15) is 4.79 Å². The molecule has 0 radical (unpaired) electrons. The van der Waals surface area contributed by atoms with Crippen LogP contribution >= 0.6 is 0 Å². The van der Waals surface area contributed by atoms with E-state index in [2.05, 4.69) is 4.57 Å². The average molecular weight is 397 g/mol. The number of benzene rings is 1. The molecule has 1 fully saturated rings. The predicted octanol–water partition coefficient (Wildman–Crippen LogP) is 2.51. The lowest BCUT2D eigenvalue weighted by Crippen LogP contribution is -2.21. The second-order valence-electron chi connectivity index (χ2n) is 7.65. The van der Waals surface area contributed by atoms with Gasteiger partial charge >= 0.3 is 0 Å². The van der Waals surface area contributed by atoms with Crippen molar-refractivity contribution < 1.29 is 14.6 Å². The molecule has 2 aromatic heterocycles. The van der Waals surface area contributed by atoms with Gasteiger partial charge < -0.3 is 23.7 Å². The van der Waals surface area contributed by atoms with E-state index in [1.807, 2.05) is 37.4 Å². The van der Waals surface area contributed by atoms with Crippen molar-refractivity contribution in [2.45, 2.75) is 26.3 Å². The summed E-state index contributed by atoms with van der Waals surface area (Å²) < 4.78 is 15.0. The zero-order valence-electron chi connectivity index (χ0n) is 16.9. The Balaban J connectivity index is 1.83. The Morgan fingerprint density at radius 1 is 1.28 bits per heavy atom. The monoisotopic (exact) mass is 397 g/mol. The number of imidazole rings is 1. The van der Waals surface area contributed by atoms with Crippen LogP contribution in [0.15, 0.2) is 35.3 Å². The van der Waals surface area contributed by atoms with Crippen LogP contribution in [-0.4, -0.2) is 45.7 Å². The lowest BCUT2D eigenvalue weighted by atomic mass is 10.00. The number of hydrogen-bond donors (Lipinski definition) is 1. The van der Waals surface area contributed by atoms with Gasteiger partial charge in [0.05, 0.1) is 17.6 Å². The van der Waals surface area contributed by atoms with Gasteiger partial charge in [0.2, 0.25) is 0 Å². The molecule has 154 valence electrons. The molecule has 0 bridgehead atoms. The Bertz CT molecular complexity index is 1040. The molecular formula is C22H27N3O4. The maximum absolute atomic E-state index is 12.2. The fraction of sp³-hybridized carbons (Fsp3) is 0.455. The normalized spacial score (nSPS) is 15.1. The molecule has 0 unspecified atom stereocenters. The fourth-order valence-corrected chi connectivity index (χ4v) is 3.95. The summed E-state index contributed by atoms with van der Waals surface area (Å²) in [6, 6.07) is 7.71. The molecule has 0 spiro atoms. The maximum atomic E-state index is 12.2. The number of ether oxygens (including phenoxy) is 2. The second-order valence-corrected chi connectivity index (χ2v) is 7.65. The largest absolute Gasteiger partial charge is 0.491 e. The van der Waals surface area contributed by atoms with E-state index in [0.717, 1.165) is 55.0 Å². The first-order chi connectivity index (χ1) is 14.1. The summed E-state index contributed by atoms with van der Waals surface area (Å²) in [5.74, 6) is 2.07. The van der Waals surface area contributed by atoms with Crippen molar-refractivity contribution in [1.82, 2.24) is 14.1 Å². The second kappa shape index (κ2) is 8.39. The fourth-order valence-electron chi connectivity index (χ4n) is 3.95. The lowest BCUT2D eigenvalue weighted by Gasteiger charge is -2.23. The van der Waals surface area contributed by atoms with Crippen LogP contribution < -0.4 is 10.3 Å². The number of aliphatic hydroxyl groups is 1. The molecule has 0 atom stereocenters. The van der Waals surface area contributed by atoms with Crippen molar-refractivity contribution in [2.75, 3.05) is 26.4 Å². The highest BCUT2D eigenvalue weighted by Gasteiger charge is 2.20. The van der Waals surface area contributed by atoms with E-state index < -0.39 is 0 Å². The van der Waals surface area contributed by atoms with E-state index in [1.165, 1.54) is 0 Å². The standard InChI is InChI=1S/C22H27N3O4/c1-15-11-17(14-24(2)22(15)27)21-23-19-4-3-18(29-10-7-26)12-20(19)25(21)13-16-5-8-28-9-6-16/h3-4,11-12,14,16,26H,5-10,13H2,1-2H3. The quantitative estimate of drug-likeness (QED) is 0.691. The van der Waals surface area contributed by atoms with Gasteiger partial charge in [-0.15, -0.1) is 0 Å². The first-order valence-electron chi connectivity index (χ1n) is 10.1. The first kappa shape index (κ1) is 19.7. The third-order valence-corrected chi connectivity index (χ3v) is 5.48. The summed E-state index contributed by atoms with van der Waals surface area (Å²) in [4.78, 5) is 17.0. The Morgan fingerprint density at radius 3 is 2.79 bits per heavy atom. The van der Waals surface area contributed by atoms with E-state index in [4.69, 9.17) is 19.6 Å². The van der Waals surface area contributed by atoms with E-state index >= 15 is 0 Å². The molecule has 4 rings (SSSR count). The zero-order valence-corrected chi connectivity index (χ0v) is 16.9. The molecule has 1 N–H and O–H groups in total. The van der Waals surface area contributed by atoms with Crippen LogP contribution in [0.3, 0.4) is 0 Å². The number of rotatable bonds is 6. The molecule has 29 heavy (non-hydrogen) atoms. The number of nitrogens with zero attached hydrogens (tertiary/aromatic N) is 3. The Morgan fingerprint density at radius 2 is 2.07 bits per heavy atom. The summed E-state index contributed by atoms with van der Waals surface area (Å²) in [7, 11) is 1.77. The van der Waals surface area contributed by atoms with Crippen molar-refractivity contribution in [3.8, 4) is 17.1 Å². The number of hydrogen-bond acceptors (Lipinski definition) is 5. The molecule has 0 aliphatic carbocycles. The van der Waals surface area contributed by atoms with Gasteiger partial charge in [0.1, 0.15) is 18.2 Å². The topological polar surface area (TPSA) is 78.5 Å². The number of aliphatic hydroxyl groups excluding tert-OH is 1. The van der Waals surface area contributed by atoms with Crippen molar-refractivity contribution in [1.29, 1.82) is 0 Å². The van der Waals surface area contributed by atoms with Gasteiger partial charge in [0.15, 0.2) is 0 Å². The molecule has 1 saturated heterocycles. The maximum Gasteiger partial charge on any atom is 0.253 e. The number of aryl methyl sites for hydroxylation is 2. The van der Waals surface area contributed by atoms with Gasteiger partial charge in [-0.3, -0.25) is 4.79 Å². The highest BCUT2D eigenvalue weighted by Crippen LogP contribution is 2.30. The van der Waals surface area contributed by atoms with Crippen LogP contribution in [0, 0.1) is 12.8 Å². The van der Waals surface area contributed by atoms with Gasteiger partial charge in [-0.2, -0.15) is 0 Å². The minimum Gasteiger partial charge on any atom is -0.491 e. The summed E-state index contributed by atoms with van der Waals surface area (Å²) in [6.45, 7) is 4.47. The summed E-state index contributed by atoms with van der Waals surface area (Å²) >= 11 is 0. The van der Waals surface area contributed by atoms with Crippen LogP contribution in [-0.2, 0) is 18.3 Å². The van der Waals surface area contributed by atoms with Crippen molar-refractivity contribution in [3.63, 3.8) is 0 Å². The number of pyridine rings is 1. The lowest BCUT2D eigenvalue weighted by molar-refractivity contribution is 0.0617. The van der Waals surface area contributed by atoms with Crippen LogP contribution in [0.1, 0.15) is 18.4 Å². The van der Waals surface area contributed by atoms with Gasteiger partial charge in [-0.05, 0) is 43.9 Å². The smallest absolute Gasteiger partial charge is 0.253 e. The van der Waals surface area contributed by atoms with Crippen molar-refractivity contribution >= 4 is 11.0 Å². The molecule has 7 nitrogen and oxygen atoms in total. The predicted molar refractivity (Wildman–Crippen MR) is 111 cm³/mol. The molecule has 3 heterocycles. The average Bonchev–Trinajstić information content (AvgIpc) is 3.08. The third-order valence-electron chi connectivity index (χ3n) is 5.48. The first-order valence-corrected chi connectivity index (χ1v) is 10.1. The molecule has 3 aromatic rings. The third kappa shape index (κ3) is 4.06. The van der Waals surface area contributed by atoms with E-state index in [1.54, 1.807) is 11.6 Å². The summed E-state index contributed by atoms with van der Waals surface area (Å²) in [5.41, 5.74) is 3.50. The summed E-state index contributed by atoms with van der Waals surface area (Å²) in [5, 5.41) is 9.06. The van der Waals surface area contributed by atoms with Gasteiger partial charge in [0, 0.05) is 50.2 Å². The molecule has 1 aliphatic heterocycles. The summed E-state index contributed by atoms with van der Waals surface area (Å²) in [6.07, 6.45) is 3.89. The number of fused-ring (bicyclic) bond motifs is 1. The highest BCUT2D eigenvalue weighted by atomic mass is 16.5. The Hall–Kier alpha value is -2.64. The molecule has 7 heteroatoms. The van der Waals surface area contributed by atoms with E-state index in [-0.39, 0.29) is 18.8 Å². The minimum atomic E-state index is -0.0258. The SMILES string of the molecule is Cc1cc(-c2nc3ccc(OCCO)cc3n2CC2CCOCC2)cn(C)c1=O. The van der Waals surface area contributed by atoms with Crippen molar-refractivity contribution in [3.05, 3.63) is 46.4 Å². The van der Waals surface area contributed by atoms with Gasteiger partial charge in [-0.1, -0.05) is 0 Å². The van der Waals surface area contributed by atoms with E-state index in [0.29, 0.717) is 17.2 Å². The number of aromatic nitrogens is 3. The van der Waals surface area contributed by atoms with Gasteiger partial charge in [0.25, 0.3) is 5.56 Å². The van der Waals surface area contributed by atoms with Gasteiger partial charge in [-0.25, -0.2) is 4.98 Å². The molecule has 1 aromatic carbocycles. The Labute approximate surface area is 169 Å².